The molecule has 0 atom stereocenters. The Kier molecular flexibility index (Phi) is 12.6. The zero-order valence-electron chi connectivity index (χ0n) is 11.5. The van der Waals surface area contributed by atoms with Gasteiger partial charge < -0.3 is 19.7 Å². The first-order valence-corrected chi connectivity index (χ1v) is 6.53. The molecule has 0 aromatic heterocycles. The Morgan fingerprint density at radius 2 is 1.15 bits per heavy atom. The smallest absolute Gasteiger partial charge is 0.306 e. The monoisotopic (exact) mass is 286 g/mol. The molecule has 0 aliphatic carbocycles. The number of rotatable bonds is 11. The highest BCUT2D eigenvalue weighted by molar-refractivity contribution is 5.70. The summed E-state index contributed by atoms with van der Waals surface area (Å²) in [6.07, 6.45) is 7.75. The lowest BCUT2D eigenvalue weighted by Crippen LogP contribution is -2.06. The van der Waals surface area contributed by atoms with Crippen molar-refractivity contribution in [3.8, 4) is 0 Å². The van der Waals surface area contributed by atoms with Gasteiger partial charge >= 0.3 is 11.9 Å². The Balaban J connectivity index is 3.46. The summed E-state index contributed by atoms with van der Waals surface area (Å²) in [5.41, 5.74) is 0. The van der Waals surface area contributed by atoms with Crippen LogP contribution >= 0.6 is 0 Å². The van der Waals surface area contributed by atoms with Crippen molar-refractivity contribution in [2.24, 2.45) is 0 Å². The average Bonchev–Trinajstić information content (AvgIpc) is 2.44. The summed E-state index contributed by atoms with van der Waals surface area (Å²) in [6.45, 7) is 0.150. The van der Waals surface area contributed by atoms with Gasteiger partial charge in [-0.05, 0) is 25.0 Å². The summed E-state index contributed by atoms with van der Waals surface area (Å²) >= 11 is 0. The fourth-order valence-electron chi connectivity index (χ4n) is 1.25. The molecular weight excluding hydrogens is 264 g/mol. The molecule has 6 heteroatoms. The third kappa shape index (κ3) is 12.8. The van der Waals surface area contributed by atoms with Crippen molar-refractivity contribution in [1.29, 1.82) is 0 Å². The van der Waals surface area contributed by atoms with Crippen LogP contribution in [-0.4, -0.2) is 48.6 Å². The van der Waals surface area contributed by atoms with E-state index in [1.54, 1.807) is 12.2 Å². The molecule has 0 saturated heterocycles. The van der Waals surface area contributed by atoms with Gasteiger partial charge in [-0.25, -0.2) is 0 Å². The van der Waals surface area contributed by atoms with Crippen molar-refractivity contribution < 1.29 is 29.3 Å². The Morgan fingerprint density at radius 1 is 0.750 bits per heavy atom. The van der Waals surface area contributed by atoms with E-state index < -0.39 is 0 Å². The molecule has 0 heterocycles. The van der Waals surface area contributed by atoms with E-state index in [0.29, 0.717) is 12.8 Å². The molecule has 0 aromatic carbocycles. The molecular formula is C14H22O6. The predicted molar refractivity (Wildman–Crippen MR) is 72.8 cm³/mol. The summed E-state index contributed by atoms with van der Waals surface area (Å²) in [7, 11) is 0. The van der Waals surface area contributed by atoms with Crippen LogP contribution in [0, 0.1) is 0 Å². The van der Waals surface area contributed by atoms with E-state index in [1.807, 2.05) is 0 Å². The molecule has 0 saturated carbocycles. The van der Waals surface area contributed by atoms with Crippen LogP contribution in [0.1, 0.15) is 25.7 Å². The second kappa shape index (κ2) is 13.8. The van der Waals surface area contributed by atoms with Crippen LogP contribution in [0.2, 0.25) is 0 Å². The van der Waals surface area contributed by atoms with Gasteiger partial charge in [-0.2, -0.15) is 0 Å². The second-order valence-corrected chi connectivity index (χ2v) is 3.88. The van der Waals surface area contributed by atoms with Gasteiger partial charge in [-0.3, -0.25) is 9.59 Å². The Bertz CT molecular complexity index is 290. The van der Waals surface area contributed by atoms with Gasteiger partial charge in [0.05, 0.1) is 13.2 Å². The number of ether oxygens (including phenoxy) is 2. The largest absolute Gasteiger partial charge is 0.461 e. The minimum atomic E-state index is -0.327. The van der Waals surface area contributed by atoms with Crippen molar-refractivity contribution in [3.63, 3.8) is 0 Å². The van der Waals surface area contributed by atoms with Crippen LogP contribution in [0.4, 0.5) is 0 Å². The lowest BCUT2D eigenvalue weighted by molar-refractivity contribution is -0.144. The minimum absolute atomic E-state index is 0.0762. The van der Waals surface area contributed by atoms with E-state index in [2.05, 4.69) is 0 Å². The fourth-order valence-corrected chi connectivity index (χ4v) is 1.25. The number of carbonyl (C=O) groups is 2. The van der Waals surface area contributed by atoms with Crippen molar-refractivity contribution in [2.75, 3.05) is 26.4 Å². The molecule has 0 unspecified atom stereocenters. The summed E-state index contributed by atoms with van der Waals surface area (Å²) in [4.78, 5) is 22.5. The molecule has 0 rings (SSSR count). The highest BCUT2D eigenvalue weighted by Gasteiger charge is 2.05. The van der Waals surface area contributed by atoms with Gasteiger partial charge in [0.25, 0.3) is 0 Å². The first kappa shape index (κ1) is 18.3. The van der Waals surface area contributed by atoms with Crippen molar-refractivity contribution >= 4 is 11.9 Å². The Morgan fingerprint density at radius 3 is 1.50 bits per heavy atom. The molecule has 0 aliphatic heterocycles. The molecule has 0 radical (unpaired) electrons. The summed E-state index contributed by atoms with van der Waals surface area (Å²) in [5, 5.41) is 16.9. The minimum Gasteiger partial charge on any atom is -0.461 e. The van der Waals surface area contributed by atoms with E-state index in [4.69, 9.17) is 19.7 Å². The average molecular weight is 286 g/mol. The van der Waals surface area contributed by atoms with Gasteiger partial charge in [0, 0.05) is 12.8 Å². The van der Waals surface area contributed by atoms with E-state index in [9.17, 15) is 9.59 Å². The molecule has 114 valence electrons. The molecule has 0 aromatic rings. The third-order valence-corrected chi connectivity index (χ3v) is 2.24. The van der Waals surface area contributed by atoms with Gasteiger partial charge in [0.1, 0.15) is 13.2 Å². The number of unbranched alkanes of at least 4 members (excludes halogenated alkanes) is 1. The quantitative estimate of drug-likeness (QED) is 0.330. The van der Waals surface area contributed by atoms with Gasteiger partial charge in [0.15, 0.2) is 0 Å². The third-order valence-electron chi connectivity index (χ3n) is 2.24. The number of hydrogen-bond acceptors (Lipinski definition) is 6. The maximum Gasteiger partial charge on any atom is 0.306 e. The SMILES string of the molecule is O=C(CCCCC(=O)OC/C=C/CO)OC/C=C/CO. The maximum absolute atomic E-state index is 11.2. The van der Waals surface area contributed by atoms with E-state index in [1.165, 1.54) is 12.2 Å². The molecule has 0 aliphatic rings. The number of hydrogen-bond donors (Lipinski definition) is 2. The Labute approximate surface area is 118 Å². The van der Waals surface area contributed by atoms with Gasteiger partial charge in [0.2, 0.25) is 0 Å². The lowest BCUT2D eigenvalue weighted by Gasteiger charge is -2.03. The molecule has 0 amide bonds. The van der Waals surface area contributed by atoms with Crippen LogP contribution < -0.4 is 0 Å². The van der Waals surface area contributed by atoms with E-state index in [-0.39, 0.29) is 51.2 Å². The summed E-state index contributed by atoms with van der Waals surface area (Å²) < 4.78 is 9.71. The van der Waals surface area contributed by atoms with Gasteiger partial charge in [-0.1, -0.05) is 12.2 Å². The van der Waals surface area contributed by atoms with Crippen molar-refractivity contribution in [3.05, 3.63) is 24.3 Å². The highest BCUT2D eigenvalue weighted by Crippen LogP contribution is 2.03. The Hall–Kier alpha value is -1.66. The highest BCUT2D eigenvalue weighted by atomic mass is 16.5. The summed E-state index contributed by atoms with van der Waals surface area (Å²) in [5.74, 6) is -0.654. The number of carbonyl (C=O) groups excluding carboxylic acids is 2. The van der Waals surface area contributed by atoms with Crippen LogP contribution in [0.15, 0.2) is 24.3 Å². The van der Waals surface area contributed by atoms with Crippen LogP contribution in [-0.2, 0) is 19.1 Å². The van der Waals surface area contributed by atoms with E-state index in [0.717, 1.165) is 0 Å². The number of aliphatic hydroxyl groups is 2. The molecule has 20 heavy (non-hydrogen) atoms. The van der Waals surface area contributed by atoms with Crippen LogP contribution in [0.5, 0.6) is 0 Å². The van der Waals surface area contributed by atoms with Gasteiger partial charge in [-0.15, -0.1) is 0 Å². The molecule has 0 bridgehead atoms. The first-order chi connectivity index (χ1) is 9.70. The topological polar surface area (TPSA) is 93.1 Å². The van der Waals surface area contributed by atoms with Crippen molar-refractivity contribution in [2.45, 2.75) is 25.7 Å². The predicted octanol–water partition coefficient (Wildman–Crippen LogP) is 0.730. The zero-order valence-corrected chi connectivity index (χ0v) is 11.5. The fraction of sp³-hybridized carbons (Fsp3) is 0.571. The molecule has 6 nitrogen and oxygen atoms in total. The molecule has 0 spiro atoms. The number of aliphatic hydroxyl groups excluding tert-OH is 2. The van der Waals surface area contributed by atoms with Crippen LogP contribution in [0.25, 0.3) is 0 Å². The lowest BCUT2D eigenvalue weighted by atomic mass is 10.2. The standard InChI is InChI=1S/C14H22O6/c15-9-3-5-11-19-13(17)7-1-2-8-14(18)20-12-6-4-10-16/h3-6,15-16H,1-2,7-12H2/b5-3+,6-4+. The number of esters is 2. The molecule has 2 N–H and O–H groups in total. The maximum atomic E-state index is 11.2. The van der Waals surface area contributed by atoms with E-state index >= 15 is 0 Å². The normalized spacial score (nSPS) is 11.1. The van der Waals surface area contributed by atoms with Crippen molar-refractivity contribution in [1.82, 2.24) is 0 Å². The second-order valence-electron chi connectivity index (χ2n) is 3.88. The van der Waals surface area contributed by atoms with Crippen LogP contribution in [0.3, 0.4) is 0 Å². The first-order valence-electron chi connectivity index (χ1n) is 6.53. The zero-order chi connectivity index (χ0) is 15.1. The summed E-state index contributed by atoms with van der Waals surface area (Å²) in [6, 6.07) is 0. The molecule has 0 fully saturated rings.